The monoisotopic (exact) mass is 846 g/mol. The number of hydrogen-bond donors (Lipinski definition) is 0. The molecule has 4 heteroatoms. The number of nitrogens with zero attached hydrogens (tertiary/aromatic N) is 2. The lowest BCUT2D eigenvalue weighted by Gasteiger charge is -2.36. The van der Waals surface area contributed by atoms with Gasteiger partial charge in [0.2, 0.25) is 0 Å². The van der Waals surface area contributed by atoms with Crippen LogP contribution in [0, 0.1) is 0 Å². The van der Waals surface area contributed by atoms with Crippen molar-refractivity contribution >= 4 is 71.4 Å². The molecule has 0 radical (unpaired) electrons. The fourth-order valence-corrected chi connectivity index (χ4v) is 12.2. The third-order valence-electron chi connectivity index (χ3n) is 13.0. The van der Waals surface area contributed by atoms with E-state index in [0.717, 1.165) is 34.1 Å². The predicted octanol–water partition coefficient (Wildman–Crippen LogP) is 15.2. The van der Waals surface area contributed by atoms with E-state index in [1.54, 1.807) is 0 Å². The average Bonchev–Trinajstić information content (AvgIpc) is 3.60. The van der Waals surface area contributed by atoms with Crippen LogP contribution in [0.1, 0.15) is 22.3 Å². The topological polar surface area (TPSA) is 6.48 Å². The molecule has 0 aromatic heterocycles. The van der Waals surface area contributed by atoms with E-state index >= 15 is 0 Å². The highest BCUT2D eigenvalue weighted by molar-refractivity contribution is 6.89. The summed E-state index contributed by atoms with van der Waals surface area (Å²) in [6, 6.07) is 81.7. The Hall–Kier alpha value is -6.73. The van der Waals surface area contributed by atoms with Crippen LogP contribution < -0.4 is 20.2 Å². The van der Waals surface area contributed by atoms with E-state index in [4.69, 9.17) is 0 Å². The molecule has 0 saturated carbocycles. The minimum absolute atomic E-state index is 0.643. The van der Waals surface area contributed by atoms with Crippen molar-refractivity contribution < 1.29 is 0 Å². The molecular formula is C59H54N2Si2. The van der Waals surface area contributed by atoms with Gasteiger partial charge in [-0.15, -0.1) is 0 Å². The molecule has 0 N–H and O–H groups in total. The van der Waals surface area contributed by atoms with E-state index in [1.165, 1.54) is 54.5 Å². The second-order valence-electron chi connectivity index (χ2n) is 19.0. The maximum Gasteiger partial charge on any atom is 0.0775 e. The van der Waals surface area contributed by atoms with Crippen LogP contribution in [0.2, 0.25) is 39.3 Å². The van der Waals surface area contributed by atoms with Gasteiger partial charge in [0.05, 0.1) is 27.3 Å². The summed E-state index contributed by atoms with van der Waals surface area (Å²) in [5.41, 5.74) is 13.8. The number of para-hydroxylation sites is 2. The molecule has 0 spiro atoms. The molecule has 0 saturated heterocycles. The minimum atomic E-state index is -1.52. The van der Waals surface area contributed by atoms with Crippen molar-refractivity contribution in [3.63, 3.8) is 0 Å². The number of benzene rings is 9. The van der Waals surface area contributed by atoms with Gasteiger partial charge in [0, 0.05) is 33.8 Å². The number of hydrogen-bond acceptors (Lipinski definition) is 2. The van der Waals surface area contributed by atoms with Crippen LogP contribution in [-0.4, -0.2) is 16.1 Å². The van der Waals surface area contributed by atoms with E-state index in [1.807, 2.05) is 0 Å². The zero-order valence-corrected chi connectivity index (χ0v) is 39.2. The first-order chi connectivity index (χ1) is 30.5. The molecule has 63 heavy (non-hydrogen) atoms. The Morgan fingerprint density at radius 3 is 1.22 bits per heavy atom. The Morgan fingerprint density at radius 1 is 0.333 bits per heavy atom. The Balaban J connectivity index is 1.29. The van der Waals surface area contributed by atoms with Gasteiger partial charge >= 0.3 is 0 Å². The summed E-state index contributed by atoms with van der Waals surface area (Å²) in [6.07, 6.45) is 0. The summed E-state index contributed by atoms with van der Waals surface area (Å²) < 4.78 is 0. The van der Waals surface area contributed by atoms with Crippen LogP contribution in [0.4, 0.5) is 34.1 Å². The van der Waals surface area contributed by atoms with Crippen molar-refractivity contribution in [3.8, 4) is 11.1 Å². The predicted molar refractivity (Wildman–Crippen MR) is 277 cm³/mol. The normalized spacial score (nSPS) is 13.0. The van der Waals surface area contributed by atoms with Crippen molar-refractivity contribution in [2.75, 3.05) is 9.80 Å². The zero-order valence-electron chi connectivity index (χ0n) is 37.2. The van der Waals surface area contributed by atoms with Crippen LogP contribution >= 0.6 is 0 Å². The Bertz CT molecular complexity index is 3000. The first-order valence-electron chi connectivity index (χ1n) is 22.3. The maximum absolute atomic E-state index is 2.53. The van der Waals surface area contributed by atoms with Gasteiger partial charge in [-0.05, 0) is 105 Å². The quantitative estimate of drug-likeness (QED) is 0.127. The van der Waals surface area contributed by atoms with Crippen molar-refractivity contribution in [1.82, 2.24) is 0 Å². The summed E-state index contributed by atoms with van der Waals surface area (Å²) in [5, 5.41) is 5.37. The first kappa shape index (κ1) is 40.4. The molecule has 0 amide bonds. The summed E-state index contributed by atoms with van der Waals surface area (Å²) in [4.78, 5) is 4.91. The van der Waals surface area contributed by atoms with Gasteiger partial charge in [-0.2, -0.15) is 0 Å². The Labute approximate surface area is 375 Å². The molecule has 9 aromatic carbocycles. The molecule has 9 aromatic rings. The first-order valence-corrected chi connectivity index (χ1v) is 29.3. The largest absolute Gasteiger partial charge is 0.310 e. The molecule has 0 aliphatic heterocycles. The van der Waals surface area contributed by atoms with Gasteiger partial charge in [-0.25, -0.2) is 0 Å². The molecule has 0 heterocycles. The van der Waals surface area contributed by atoms with Crippen LogP contribution in [0.15, 0.2) is 218 Å². The molecule has 1 aliphatic rings. The Kier molecular flexibility index (Phi) is 10.2. The second-order valence-corrected chi connectivity index (χ2v) is 29.2. The lowest BCUT2D eigenvalue weighted by molar-refractivity contribution is 0.769. The molecular weight excluding hydrogens is 793 g/mol. The van der Waals surface area contributed by atoms with Gasteiger partial charge in [0.15, 0.2) is 0 Å². The summed E-state index contributed by atoms with van der Waals surface area (Å²) in [5.74, 6) is 0. The highest BCUT2D eigenvalue weighted by Gasteiger charge is 2.48. The van der Waals surface area contributed by atoms with Crippen LogP contribution in [0.5, 0.6) is 0 Å². The summed E-state index contributed by atoms with van der Waals surface area (Å²) in [7, 11) is -3.03. The minimum Gasteiger partial charge on any atom is -0.310 e. The van der Waals surface area contributed by atoms with E-state index in [9.17, 15) is 0 Å². The van der Waals surface area contributed by atoms with E-state index < -0.39 is 21.6 Å². The zero-order chi connectivity index (χ0) is 43.3. The van der Waals surface area contributed by atoms with Gasteiger partial charge in [0.25, 0.3) is 0 Å². The summed E-state index contributed by atoms with van der Waals surface area (Å²) >= 11 is 0. The van der Waals surface area contributed by atoms with Gasteiger partial charge in [-0.1, -0.05) is 201 Å². The molecule has 0 fully saturated rings. The molecule has 0 atom stereocenters. The molecule has 2 nitrogen and oxygen atoms in total. The molecule has 0 bridgehead atoms. The van der Waals surface area contributed by atoms with E-state index in [2.05, 4.69) is 267 Å². The lowest BCUT2D eigenvalue weighted by Crippen LogP contribution is -2.37. The van der Waals surface area contributed by atoms with Crippen LogP contribution in [0.25, 0.3) is 21.9 Å². The summed E-state index contributed by atoms with van der Waals surface area (Å²) in [6.45, 7) is 14.5. The third kappa shape index (κ3) is 7.04. The van der Waals surface area contributed by atoms with Crippen LogP contribution in [0.3, 0.4) is 0 Å². The molecule has 308 valence electrons. The third-order valence-corrected chi connectivity index (χ3v) is 17.2. The molecule has 0 unspecified atom stereocenters. The van der Waals surface area contributed by atoms with Crippen LogP contribution in [-0.2, 0) is 5.41 Å². The van der Waals surface area contributed by atoms with Crippen molar-refractivity contribution in [3.05, 3.63) is 241 Å². The SMILES string of the molecule is C[Si](C)(C)c1ccc(N(c2ccccc2)c2ccc3c(c2)C(c2ccccc2)(c2ccccc2)c2cc(N(c4ccccc4)c4ccc([Si](C)(C)C)cc4)c4ccccc4c2-3)cc1. The van der Waals surface area contributed by atoms with Gasteiger partial charge in [-0.3, -0.25) is 0 Å². The smallest absolute Gasteiger partial charge is 0.0775 e. The lowest BCUT2D eigenvalue weighted by atomic mass is 9.67. The van der Waals surface area contributed by atoms with Gasteiger partial charge < -0.3 is 9.80 Å². The highest BCUT2D eigenvalue weighted by Crippen LogP contribution is 2.60. The van der Waals surface area contributed by atoms with Crippen molar-refractivity contribution in [1.29, 1.82) is 0 Å². The maximum atomic E-state index is 2.53. The van der Waals surface area contributed by atoms with E-state index in [0.29, 0.717) is 0 Å². The van der Waals surface area contributed by atoms with E-state index in [-0.39, 0.29) is 0 Å². The Morgan fingerprint density at radius 2 is 0.730 bits per heavy atom. The van der Waals surface area contributed by atoms with Crippen molar-refractivity contribution in [2.24, 2.45) is 0 Å². The number of anilines is 6. The average molecular weight is 847 g/mol. The fraction of sp³-hybridized carbons (Fsp3) is 0.119. The number of rotatable bonds is 10. The standard InChI is InChI=1S/C59H54N2Si2/c1-62(2,3)50-36-31-47(32-37-50)60(45-25-15-9-16-26-45)49-35-40-54-55(41-49)59(43-21-11-7-12-22-43,44-23-13-8-14-24-44)56-42-57(52-29-19-20-30-53(52)58(54)56)61(46-27-17-10-18-28-46)48-33-38-51(39-34-48)63(4,5)6/h7-42H,1-6H3. The highest BCUT2D eigenvalue weighted by atomic mass is 28.3. The number of fused-ring (bicyclic) bond motifs is 5. The van der Waals surface area contributed by atoms with Gasteiger partial charge in [0.1, 0.15) is 0 Å². The van der Waals surface area contributed by atoms with Crippen molar-refractivity contribution in [2.45, 2.75) is 44.7 Å². The fourth-order valence-electron chi connectivity index (χ4n) is 9.89. The second kappa shape index (κ2) is 15.9. The molecule has 1 aliphatic carbocycles. The molecule has 10 rings (SSSR count).